The van der Waals surface area contributed by atoms with Crippen molar-refractivity contribution in [3.8, 4) is 0 Å². The summed E-state index contributed by atoms with van der Waals surface area (Å²) >= 11 is 0. The highest BCUT2D eigenvalue weighted by Gasteiger charge is 2.29. The van der Waals surface area contributed by atoms with Crippen LogP contribution in [0.4, 0.5) is 0 Å². The molecule has 0 aliphatic heterocycles. The van der Waals surface area contributed by atoms with Crippen molar-refractivity contribution in [3.63, 3.8) is 0 Å². The molecule has 2 N–H and O–H groups in total. The Morgan fingerprint density at radius 3 is 2.31 bits per heavy atom. The first-order valence-electron chi connectivity index (χ1n) is 4.78. The first-order valence-corrected chi connectivity index (χ1v) is 4.78. The van der Waals surface area contributed by atoms with E-state index in [-0.39, 0.29) is 25.0 Å². The van der Waals surface area contributed by atoms with Crippen molar-refractivity contribution >= 4 is 5.78 Å². The monoisotopic (exact) mass is 187 g/mol. The largest absolute Gasteiger partial charge is 0.395 e. The lowest BCUT2D eigenvalue weighted by Crippen LogP contribution is -2.41. The number of hydrogen-bond donors (Lipinski definition) is 2. The Hall–Kier alpha value is -0.450. The molecule has 4 heteroatoms. The summed E-state index contributed by atoms with van der Waals surface area (Å²) in [5.41, 5.74) is 0. The Morgan fingerprint density at radius 2 is 1.92 bits per heavy atom. The van der Waals surface area contributed by atoms with Crippen molar-refractivity contribution in [3.05, 3.63) is 0 Å². The molecule has 76 valence electrons. The fourth-order valence-electron chi connectivity index (χ4n) is 1.86. The number of rotatable bonds is 5. The minimum absolute atomic E-state index is 0.0454. The van der Waals surface area contributed by atoms with E-state index in [0.29, 0.717) is 19.5 Å². The molecule has 0 spiro atoms. The van der Waals surface area contributed by atoms with Crippen LogP contribution in [0.1, 0.15) is 19.3 Å². The molecule has 1 aliphatic rings. The predicted molar refractivity (Wildman–Crippen MR) is 48.4 cm³/mol. The van der Waals surface area contributed by atoms with Gasteiger partial charge in [0.1, 0.15) is 5.78 Å². The van der Waals surface area contributed by atoms with E-state index in [4.69, 9.17) is 10.2 Å². The number of ketones is 1. The normalized spacial score (nSPS) is 23.0. The third-order valence-electron chi connectivity index (χ3n) is 2.49. The van der Waals surface area contributed by atoms with Gasteiger partial charge in [-0.05, 0) is 12.8 Å². The third kappa shape index (κ3) is 2.76. The molecule has 13 heavy (non-hydrogen) atoms. The van der Waals surface area contributed by atoms with Gasteiger partial charge in [0, 0.05) is 19.5 Å². The van der Waals surface area contributed by atoms with Gasteiger partial charge in [0.15, 0.2) is 0 Å². The van der Waals surface area contributed by atoms with Crippen molar-refractivity contribution in [2.75, 3.05) is 26.3 Å². The third-order valence-corrected chi connectivity index (χ3v) is 2.49. The molecule has 4 nitrogen and oxygen atoms in total. The summed E-state index contributed by atoms with van der Waals surface area (Å²) in [5, 5.41) is 17.6. The molecule has 1 rings (SSSR count). The Kier molecular flexibility index (Phi) is 4.35. The summed E-state index contributed by atoms with van der Waals surface area (Å²) in [7, 11) is 0. The minimum atomic E-state index is -0.0562. The molecule has 1 fully saturated rings. The second-order valence-electron chi connectivity index (χ2n) is 3.36. The Morgan fingerprint density at radius 1 is 1.31 bits per heavy atom. The molecule has 0 aromatic carbocycles. The van der Waals surface area contributed by atoms with Crippen LogP contribution in [0.2, 0.25) is 0 Å². The number of nitrogens with zero attached hydrogens (tertiary/aromatic N) is 1. The SMILES string of the molecule is O=C1CCCC1N(CCO)CCO. The highest BCUT2D eigenvalue weighted by Crippen LogP contribution is 2.19. The lowest BCUT2D eigenvalue weighted by Gasteiger charge is -2.25. The lowest BCUT2D eigenvalue weighted by atomic mass is 10.2. The van der Waals surface area contributed by atoms with E-state index in [1.54, 1.807) is 0 Å². The summed E-state index contributed by atoms with van der Waals surface area (Å²) in [5.74, 6) is 0.252. The fourth-order valence-corrected chi connectivity index (χ4v) is 1.86. The Labute approximate surface area is 78.2 Å². The minimum Gasteiger partial charge on any atom is -0.395 e. The quantitative estimate of drug-likeness (QED) is 0.603. The van der Waals surface area contributed by atoms with Gasteiger partial charge in [-0.2, -0.15) is 0 Å². The van der Waals surface area contributed by atoms with E-state index in [0.717, 1.165) is 12.8 Å². The second kappa shape index (κ2) is 5.32. The molecule has 1 saturated carbocycles. The first-order chi connectivity index (χ1) is 6.29. The number of Topliss-reactive ketones (excluding diaryl/α,β-unsaturated/α-hetero) is 1. The van der Waals surface area contributed by atoms with Crippen molar-refractivity contribution in [2.24, 2.45) is 0 Å². The summed E-state index contributed by atoms with van der Waals surface area (Å²) in [4.78, 5) is 13.2. The van der Waals surface area contributed by atoms with Crippen LogP contribution >= 0.6 is 0 Å². The van der Waals surface area contributed by atoms with Crippen LogP contribution < -0.4 is 0 Å². The molecule has 1 atom stereocenters. The first kappa shape index (κ1) is 10.6. The van der Waals surface area contributed by atoms with Crippen LogP contribution in [0.15, 0.2) is 0 Å². The topological polar surface area (TPSA) is 60.8 Å². The maximum Gasteiger partial charge on any atom is 0.149 e. The van der Waals surface area contributed by atoms with Crippen molar-refractivity contribution in [1.29, 1.82) is 0 Å². The predicted octanol–water partition coefficient (Wildman–Crippen LogP) is -0.605. The van der Waals surface area contributed by atoms with Crippen molar-refractivity contribution in [1.82, 2.24) is 4.90 Å². The Balaban J connectivity index is 2.47. The maximum absolute atomic E-state index is 11.4. The van der Waals surface area contributed by atoms with Gasteiger partial charge in [-0.1, -0.05) is 0 Å². The van der Waals surface area contributed by atoms with Gasteiger partial charge >= 0.3 is 0 Å². The van der Waals surface area contributed by atoms with Gasteiger partial charge in [-0.15, -0.1) is 0 Å². The van der Waals surface area contributed by atoms with Gasteiger partial charge in [-0.3, -0.25) is 9.69 Å². The molecule has 0 amide bonds. The summed E-state index contributed by atoms with van der Waals surface area (Å²) < 4.78 is 0. The van der Waals surface area contributed by atoms with Gasteiger partial charge in [0.2, 0.25) is 0 Å². The van der Waals surface area contributed by atoms with Crippen molar-refractivity contribution < 1.29 is 15.0 Å². The number of carbonyl (C=O) groups excluding carboxylic acids is 1. The zero-order valence-corrected chi connectivity index (χ0v) is 7.78. The summed E-state index contributed by atoms with van der Waals surface area (Å²) in [6.07, 6.45) is 2.47. The average molecular weight is 187 g/mol. The van der Waals surface area contributed by atoms with Gasteiger partial charge < -0.3 is 10.2 Å². The number of aliphatic hydroxyl groups excluding tert-OH is 2. The number of carbonyl (C=O) groups is 1. The van der Waals surface area contributed by atoms with Crippen LogP contribution in [-0.2, 0) is 4.79 Å². The molecule has 0 aromatic heterocycles. The van der Waals surface area contributed by atoms with E-state index in [1.807, 2.05) is 4.90 Å². The van der Waals surface area contributed by atoms with Crippen LogP contribution in [0, 0.1) is 0 Å². The highest BCUT2D eigenvalue weighted by atomic mass is 16.3. The molecule has 0 bridgehead atoms. The van der Waals surface area contributed by atoms with Gasteiger partial charge in [-0.25, -0.2) is 0 Å². The molecule has 0 radical (unpaired) electrons. The highest BCUT2D eigenvalue weighted by molar-refractivity contribution is 5.85. The van der Waals surface area contributed by atoms with Crippen LogP contribution in [-0.4, -0.2) is 53.2 Å². The molecule has 0 aromatic rings. The van der Waals surface area contributed by atoms with Crippen LogP contribution in [0.3, 0.4) is 0 Å². The molecular formula is C9H17NO3. The maximum atomic E-state index is 11.4. The summed E-state index contributed by atoms with van der Waals surface area (Å²) in [6.45, 7) is 1.06. The Bertz CT molecular complexity index is 166. The van der Waals surface area contributed by atoms with Gasteiger partial charge in [0.25, 0.3) is 0 Å². The van der Waals surface area contributed by atoms with Crippen LogP contribution in [0.5, 0.6) is 0 Å². The van der Waals surface area contributed by atoms with E-state index in [2.05, 4.69) is 0 Å². The van der Waals surface area contributed by atoms with Crippen molar-refractivity contribution in [2.45, 2.75) is 25.3 Å². The zero-order chi connectivity index (χ0) is 9.68. The summed E-state index contributed by atoms with van der Waals surface area (Å²) in [6, 6.07) is -0.0562. The van der Waals surface area contributed by atoms with E-state index >= 15 is 0 Å². The molecule has 0 heterocycles. The molecular weight excluding hydrogens is 170 g/mol. The standard InChI is InChI=1S/C9H17NO3/c11-6-4-10(5-7-12)8-2-1-3-9(8)13/h8,11-12H,1-7H2. The average Bonchev–Trinajstić information content (AvgIpc) is 2.51. The van der Waals surface area contributed by atoms with Crippen LogP contribution in [0.25, 0.3) is 0 Å². The molecule has 1 aliphatic carbocycles. The second-order valence-corrected chi connectivity index (χ2v) is 3.36. The number of aliphatic hydroxyl groups is 2. The molecule has 1 unspecified atom stereocenters. The van der Waals surface area contributed by atoms with E-state index < -0.39 is 0 Å². The molecule has 0 saturated heterocycles. The smallest absolute Gasteiger partial charge is 0.149 e. The fraction of sp³-hybridized carbons (Fsp3) is 0.889. The van der Waals surface area contributed by atoms with E-state index in [1.165, 1.54) is 0 Å². The van der Waals surface area contributed by atoms with E-state index in [9.17, 15) is 4.79 Å². The number of hydrogen-bond acceptors (Lipinski definition) is 4. The van der Waals surface area contributed by atoms with Gasteiger partial charge in [0.05, 0.1) is 19.3 Å². The lowest BCUT2D eigenvalue weighted by molar-refractivity contribution is -0.122. The zero-order valence-electron chi connectivity index (χ0n) is 7.78.